The average Bonchev–Trinajstić information content (AvgIpc) is 3.41. The van der Waals surface area contributed by atoms with Gasteiger partial charge in [-0.25, -0.2) is 9.18 Å². The minimum atomic E-state index is -0.674. The van der Waals surface area contributed by atoms with Gasteiger partial charge in [-0.15, -0.1) is 0 Å². The zero-order chi connectivity index (χ0) is 35.6. The molecule has 264 valence electrons. The van der Waals surface area contributed by atoms with Crippen LogP contribution in [0.3, 0.4) is 0 Å². The van der Waals surface area contributed by atoms with Crippen molar-refractivity contribution in [2.24, 2.45) is 7.05 Å². The Kier molecular flexibility index (Phi) is 8.01. The summed E-state index contributed by atoms with van der Waals surface area (Å²) >= 11 is 0. The van der Waals surface area contributed by atoms with Crippen molar-refractivity contribution in [2.45, 2.75) is 25.3 Å². The first kappa shape index (κ1) is 32.5. The van der Waals surface area contributed by atoms with Crippen molar-refractivity contribution < 1.29 is 14.0 Å². The summed E-state index contributed by atoms with van der Waals surface area (Å²) in [6.07, 6.45) is 2.11. The van der Waals surface area contributed by atoms with Crippen LogP contribution in [0.25, 0.3) is 27.7 Å². The molecule has 0 aliphatic carbocycles. The third kappa shape index (κ3) is 5.48. The predicted molar refractivity (Wildman–Crippen MR) is 197 cm³/mol. The number of nitrogens with zero attached hydrogens (tertiary/aromatic N) is 7. The summed E-state index contributed by atoms with van der Waals surface area (Å²) in [6, 6.07) is 14.7. The fraction of sp³-hybridized carbons (Fsp3) is 0.361. The zero-order valence-corrected chi connectivity index (χ0v) is 28.6. The normalized spacial score (nSPS) is 17.9. The first-order valence-corrected chi connectivity index (χ1v) is 17.3. The maximum atomic E-state index is 15.6. The summed E-state index contributed by atoms with van der Waals surface area (Å²) in [7, 11) is 3.64. The van der Waals surface area contributed by atoms with Gasteiger partial charge in [-0.1, -0.05) is 6.07 Å². The maximum absolute atomic E-state index is 15.6. The quantitative estimate of drug-likeness (QED) is 0.123. The zero-order valence-electron chi connectivity index (χ0n) is 28.6. The molecular weight excluding hydrogens is 653 g/mol. The number of halogens is 1. The van der Waals surface area contributed by atoms with E-state index >= 15 is 4.39 Å². The molecule has 3 saturated heterocycles. The van der Waals surface area contributed by atoms with Crippen molar-refractivity contribution in [1.29, 1.82) is 5.41 Å². The first-order valence-electron chi connectivity index (χ1n) is 17.3. The van der Waals surface area contributed by atoms with E-state index < -0.39 is 11.8 Å². The fourth-order valence-electron chi connectivity index (χ4n) is 7.96. The Balaban J connectivity index is 0.929. The van der Waals surface area contributed by atoms with Gasteiger partial charge in [0, 0.05) is 95.0 Å². The molecule has 0 unspecified atom stereocenters. The average molecular weight is 694 g/mol. The van der Waals surface area contributed by atoms with Gasteiger partial charge in [0.25, 0.3) is 5.56 Å². The van der Waals surface area contributed by atoms with Gasteiger partial charge in [-0.05, 0) is 55.3 Å². The van der Waals surface area contributed by atoms with Crippen molar-refractivity contribution >= 4 is 68.2 Å². The number of piperidine rings is 1. The van der Waals surface area contributed by atoms with E-state index in [1.807, 2.05) is 33.0 Å². The monoisotopic (exact) mass is 693 g/mol. The van der Waals surface area contributed by atoms with Crippen molar-refractivity contribution in [2.75, 3.05) is 73.7 Å². The second kappa shape index (κ2) is 12.6. The number of hydrogen-bond acceptors (Lipinski definition) is 10. The molecule has 3 fully saturated rings. The number of imide groups is 1. The molecule has 0 bridgehead atoms. The Labute approximate surface area is 292 Å². The number of fused-ring (bicyclic) bond motifs is 5. The van der Waals surface area contributed by atoms with Crippen LogP contribution < -0.4 is 31.7 Å². The van der Waals surface area contributed by atoms with Crippen molar-refractivity contribution in [1.82, 2.24) is 29.1 Å². The summed E-state index contributed by atoms with van der Waals surface area (Å²) in [5.74, 6) is -0.420. The number of nitrogen functional groups attached to an aromatic ring is 1. The highest BCUT2D eigenvalue weighted by atomic mass is 19.1. The Hall–Kier alpha value is -5.70. The lowest BCUT2D eigenvalue weighted by molar-refractivity contribution is -0.121. The van der Waals surface area contributed by atoms with Crippen LogP contribution >= 0.6 is 0 Å². The fourth-order valence-corrected chi connectivity index (χ4v) is 7.96. The van der Waals surface area contributed by atoms with E-state index in [1.54, 1.807) is 19.2 Å². The molecule has 0 atom stereocenters. The molecule has 0 spiro atoms. The summed E-state index contributed by atoms with van der Waals surface area (Å²) < 4.78 is 19.6. The number of hydrogen-bond donors (Lipinski definition) is 4. The molecule has 0 saturated carbocycles. The molecule has 5 heterocycles. The number of aryl methyl sites for hydroxylation is 1. The summed E-state index contributed by atoms with van der Waals surface area (Å²) in [4.78, 5) is 49.3. The van der Waals surface area contributed by atoms with Crippen LogP contribution in [-0.2, 0) is 11.8 Å². The van der Waals surface area contributed by atoms with Crippen molar-refractivity contribution in [3.05, 3.63) is 70.3 Å². The maximum Gasteiger partial charge on any atom is 0.329 e. The molecule has 3 amide bonds. The highest BCUT2D eigenvalue weighted by molar-refractivity contribution is 6.13. The topological polar surface area (TPSA) is 160 Å². The SMILES string of the molecule is CNc1cc(N2CCN(C3CCN(c4ccc5c(c4)n(C)c4nc(=O)c6c(N)cccc6n54)CC3)CC2)c(F)cc1C(=N)N1CCC(=O)NC1=O. The second-order valence-electron chi connectivity index (χ2n) is 13.5. The number of anilines is 4. The van der Waals surface area contributed by atoms with Crippen molar-refractivity contribution in [3.8, 4) is 0 Å². The van der Waals surface area contributed by atoms with E-state index in [1.165, 1.54) is 6.07 Å². The van der Waals surface area contributed by atoms with Crippen LogP contribution in [0.1, 0.15) is 24.8 Å². The van der Waals surface area contributed by atoms with E-state index in [0.717, 1.165) is 66.2 Å². The third-order valence-electron chi connectivity index (χ3n) is 10.7. The molecule has 0 radical (unpaired) electrons. The van der Waals surface area contributed by atoms with Crippen LogP contribution in [0.2, 0.25) is 0 Å². The molecule has 3 aliphatic rings. The van der Waals surface area contributed by atoms with Gasteiger partial charge in [0.05, 0.1) is 27.6 Å². The molecule has 51 heavy (non-hydrogen) atoms. The Morgan fingerprint density at radius 3 is 2.43 bits per heavy atom. The molecular formula is C36H40FN11O3. The van der Waals surface area contributed by atoms with E-state index in [4.69, 9.17) is 11.1 Å². The van der Waals surface area contributed by atoms with Crippen LogP contribution in [0.4, 0.5) is 31.9 Å². The minimum Gasteiger partial charge on any atom is -0.398 e. The van der Waals surface area contributed by atoms with Crippen LogP contribution in [0, 0.1) is 11.2 Å². The molecule has 5 aromatic rings. The summed E-state index contributed by atoms with van der Waals surface area (Å²) in [5, 5.41) is 14.3. The number of nitrogens with one attached hydrogen (secondary N) is 3. The molecule has 3 aliphatic heterocycles. The molecule has 5 N–H and O–H groups in total. The highest BCUT2D eigenvalue weighted by Gasteiger charge is 2.31. The molecule has 15 heteroatoms. The summed E-state index contributed by atoms with van der Waals surface area (Å²) in [6.45, 7) is 4.85. The number of nitrogens with two attached hydrogens (primary N) is 1. The molecule has 2 aromatic heterocycles. The third-order valence-corrected chi connectivity index (χ3v) is 10.7. The molecule has 14 nitrogen and oxygen atoms in total. The lowest BCUT2D eigenvalue weighted by atomic mass is 10.0. The van der Waals surface area contributed by atoms with Crippen LogP contribution in [-0.4, -0.2) is 100 Å². The Morgan fingerprint density at radius 1 is 0.941 bits per heavy atom. The van der Waals surface area contributed by atoms with Gasteiger partial charge in [0.1, 0.15) is 11.7 Å². The van der Waals surface area contributed by atoms with Gasteiger partial charge in [0.15, 0.2) is 0 Å². The standard InChI is InChI=1S/C36H40FN11O3/c1-40-26-20-29(24(37)19-23(26)33(39)47-13-10-31(49)41-36(47)51)46-16-14-45(15-17-46)21-8-11-44(12-9-21)22-6-7-27-30(18-22)43(2)35-42-34(50)32-25(38)4-3-5-28(32)48(27)35/h3-7,18-21,39-40H,8-17,38H2,1-2H3,(H,41,49,51). The second-order valence-corrected chi connectivity index (χ2v) is 13.5. The van der Waals surface area contributed by atoms with Crippen LogP contribution in [0.5, 0.6) is 0 Å². The number of aromatic nitrogens is 3. The lowest BCUT2D eigenvalue weighted by Crippen LogP contribution is -2.53. The molecule has 8 rings (SSSR count). The minimum absolute atomic E-state index is 0.0747. The number of amidine groups is 1. The number of carbonyl (C=O) groups is 2. The van der Waals surface area contributed by atoms with E-state index in [2.05, 4.69) is 43.6 Å². The number of urea groups is 1. The number of piperazine rings is 1. The number of carbonyl (C=O) groups excluding carboxylic acids is 2. The molecule has 3 aromatic carbocycles. The van der Waals surface area contributed by atoms with E-state index in [-0.39, 0.29) is 35.8 Å². The predicted octanol–water partition coefficient (Wildman–Crippen LogP) is 3.16. The Morgan fingerprint density at radius 2 is 1.71 bits per heavy atom. The van der Waals surface area contributed by atoms with Crippen LogP contribution in [0.15, 0.2) is 53.3 Å². The first-order chi connectivity index (χ1) is 24.6. The summed E-state index contributed by atoms with van der Waals surface area (Å²) in [5.41, 5.74) is 11.3. The van der Waals surface area contributed by atoms with Gasteiger partial charge < -0.3 is 25.4 Å². The van der Waals surface area contributed by atoms with Gasteiger partial charge >= 0.3 is 6.03 Å². The van der Waals surface area contributed by atoms with Gasteiger partial charge in [0.2, 0.25) is 11.7 Å². The highest BCUT2D eigenvalue weighted by Crippen LogP contribution is 2.32. The number of imidazole rings is 1. The van der Waals surface area contributed by atoms with Crippen molar-refractivity contribution in [3.63, 3.8) is 0 Å². The number of rotatable bonds is 5. The number of benzene rings is 3. The Bertz CT molecular complexity index is 2300. The van der Waals surface area contributed by atoms with E-state index in [9.17, 15) is 14.4 Å². The van der Waals surface area contributed by atoms with E-state index in [0.29, 0.717) is 47.4 Å². The smallest absolute Gasteiger partial charge is 0.329 e. The van der Waals surface area contributed by atoms with Gasteiger partial charge in [-0.3, -0.25) is 34.5 Å². The van der Waals surface area contributed by atoms with Gasteiger partial charge in [-0.2, -0.15) is 4.98 Å². The largest absolute Gasteiger partial charge is 0.398 e. The lowest BCUT2D eigenvalue weighted by Gasteiger charge is -2.44. The number of amides is 3.